The quantitative estimate of drug-likeness (QED) is 0.597. The first kappa shape index (κ1) is 16.8. The molecule has 0 aromatic heterocycles. The molecule has 2 N–H and O–H groups in total. The maximum atomic E-state index is 6.13. The lowest BCUT2D eigenvalue weighted by Gasteiger charge is -2.16. The number of likely N-dealkylation sites (N-methyl/N-ethyl adjacent to an activating group) is 1. The fourth-order valence-corrected chi connectivity index (χ4v) is 1.99. The van der Waals surface area contributed by atoms with Gasteiger partial charge in [-0.1, -0.05) is 36.7 Å². The van der Waals surface area contributed by atoms with Gasteiger partial charge >= 0.3 is 0 Å². The van der Waals surface area contributed by atoms with Crippen molar-refractivity contribution in [3.8, 4) is 0 Å². The van der Waals surface area contributed by atoms with E-state index in [0.29, 0.717) is 0 Å². The lowest BCUT2D eigenvalue weighted by molar-refractivity contribution is 0.357. The highest BCUT2D eigenvalue weighted by Crippen LogP contribution is 2.14. The fraction of sp³-hybridized carbons (Fsp3) is 0.533. The molecule has 1 aromatic carbocycles. The Morgan fingerprint density at radius 3 is 2.60 bits per heavy atom. The van der Waals surface area contributed by atoms with Crippen molar-refractivity contribution in [2.24, 2.45) is 4.99 Å². The second kappa shape index (κ2) is 9.61. The van der Waals surface area contributed by atoms with Crippen LogP contribution in [0.1, 0.15) is 12.5 Å². The number of hydrogen-bond acceptors (Lipinski definition) is 2. The van der Waals surface area contributed by atoms with Crippen molar-refractivity contribution in [2.75, 3.05) is 40.3 Å². The highest BCUT2D eigenvalue weighted by Gasteiger charge is 2.01. The van der Waals surface area contributed by atoms with Gasteiger partial charge in [-0.3, -0.25) is 4.99 Å². The van der Waals surface area contributed by atoms with Crippen LogP contribution < -0.4 is 10.6 Å². The Labute approximate surface area is 127 Å². The van der Waals surface area contributed by atoms with Gasteiger partial charge in [0.05, 0.1) is 0 Å². The zero-order valence-electron chi connectivity index (χ0n) is 12.6. The molecule has 112 valence electrons. The maximum absolute atomic E-state index is 6.13. The highest BCUT2D eigenvalue weighted by atomic mass is 35.5. The lowest BCUT2D eigenvalue weighted by Crippen LogP contribution is -2.41. The van der Waals surface area contributed by atoms with Crippen molar-refractivity contribution in [3.05, 3.63) is 34.9 Å². The summed E-state index contributed by atoms with van der Waals surface area (Å²) in [5.74, 6) is 0.835. The minimum Gasteiger partial charge on any atom is -0.356 e. The number of benzene rings is 1. The van der Waals surface area contributed by atoms with Crippen LogP contribution in [0.3, 0.4) is 0 Å². The van der Waals surface area contributed by atoms with Gasteiger partial charge < -0.3 is 15.5 Å². The molecule has 20 heavy (non-hydrogen) atoms. The molecule has 5 heteroatoms. The summed E-state index contributed by atoms with van der Waals surface area (Å²) in [4.78, 5) is 6.46. The smallest absolute Gasteiger partial charge is 0.191 e. The van der Waals surface area contributed by atoms with Crippen LogP contribution in [-0.4, -0.2) is 51.1 Å². The molecule has 0 spiro atoms. The molecule has 0 unspecified atom stereocenters. The first-order valence-corrected chi connectivity index (χ1v) is 7.41. The molecule has 0 radical (unpaired) electrons. The zero-order valence-corrected chi connectivity index (χ0v) is 13.4. The number of guanidine groups is 1. The van der Waals surface area contributed by atoms with Crippen LogP contribution in [0.5, 0.6) is 0 Å². The topological polar surface area (TPSA) is 39.7 Å². The molecule has 0 aliphatic heterocycles. The number of hydrogen-bond donors (Lipinski definition) is 2. The first-order chi connectivity index (χ1) is 9.67. The largest absolute Gasteiger partial charge is 0.356 e. The molecule has 0 amide bonds. The van der Waals surface area contributed by atoms with Crippen LogP contribution >= 0.6 is 11.6 Å². The van der Waals surface area contributed by atoms with Crippen molar-refractivity contribution in [1.82, 2.24) is 15.5 Å². The third-order valence-electron chi connectivity index (χ3n) is 3.19. The van der Waals surface area contributed by atoms with Crippen LogP contribution in [-0.2, 0) is 6.42 Å². The molecule has 1 aromatic rings. The van der Waals surface area contributed by atoms with Crippen LogP contribution in [0.2, 0.25) is 5.02 Å². The zero-order chi connectivity index (χ0) is 14.8. The molecule has 0 heterocycles. The summed E-state index contributed by atoms with van der Waals surface area (Å²) in [6.45, 7) is 5.90. The Hall–Kier alpha value is -1.26. The highest BCUT2D eigenvalue weighted by molar-refractivity contribution is 6.31. The van der Waals surface area contributed by atoms with E-state index in [4.69, 9.17) is 11.6 Å². The predicted octanol–water partition coefficient (Wildman–Crippen LogP) is 2.00. The van der Waals surface area contributed by atoms with Crippen LogP contribution in [0.15, 0.2) is 29.3 Å². The number of rotatable bonds is 7. The van der Waals surface area contributed by atoms with E-state index in [0.717, 1.165) is 49.1 Å². The fourth-order valence-electron chi connectivity index (χ4n) is 1.76. The van der Waals surface area contributed by atoms with Gasteiger partial charge in [0, 0.05) is 31.7 Å². The molecular formula is C15H25ClN4. The lowest BCUT2D eigenvalue weighted by atomic mass is 10.1. The van der Waals surface area contributed by atoms with Crippen LogP contribution in [0, 0.1) is 0 Å². The Balaban J connectivity index is 2.27. The Kier molecular flexibility index (Phi) is 8.07. The van der Waals surface area contributed by atoms with Gasteiger partial charge in [0.2, 0.25) is 0 Å². The minimum atomic E-state index is 0.813. The van der Waals surface area contributed by atoms with Crippen molar-refractivity contribution in [1.29, 1.82) is 0 Å². The van der Waals surface area contributed by atoms with Crippen molar-refractivity contribution >= 4 is 17.6 Å². The van der Waals surface area contributed by atoms with E-state index in [-0.39, 0.29) is 0 Å². The van der Waals surface area contributed by atoms with Gasteiger partial charge in [0.25, 0.3) is 0 Å². The Morgan fingerprint density at radius 1 is 1.25 bits per heavy atom. The SMILES string of the molecule is CCN(C)CCNC(=NC)NCCc1ccccc1Cl. The molecule has 0 aliphatic rings. The van der Waals surface area contributed by atoms with Gasteiger partial charge in [-0.05, 0) is 31.6 Å². The average Bonchev–Trinajstić information content (AvgIpc) is 2.47. The maximum Gasteiger partial charge on any atom is 0.191 e. The summed E-state index contributed by atoms with van der Waals surface area (Å²) in [5.41, 5.74) is 1.16. The average molecular weight is 297 g/mol. The molecule has 0 fully saturated rings. The van der Waals surface area contributed by atoms with E-state index >= 15 is 0 Å². The third kappa shape index (κ3) is 6.26. The molecular weight excluding hydrogens is 272 g/mol. The number of aliphatic imine (C=N–C) groups is 1. The summed E-state index contributed by atoms with van der Waals surface area (Å²) in [5, 5.41) is 7.42. The number of halogens is 1. The third-order valence-corrected chi connectivity index (χ3v) is 3.56. The summed E-state index contributed by atoms with van der Waals surface area (Å²) in [6, 6.07) is 7.93. The standard InChI is InChI=1S/C15H25ClN4/c1-4-20(3)12-11-19-15(17-2)18-10-9-13-7-5-6-8-14(13)16/h5-8H,4,9-12H2,1-3H3,(H2,17,18,19). The van der Waals surface area contributed by atoms with Gasteiger partial charge in [-0.15, -0.1) is 0 Å². The van der Waals surface area contributed by atoms with E-state index in [1.807, 2.05) is 18.2 Å². The first-order valence-electron chi connectivity index (χ1n) is 7.03. The Morgan fingerprint density at radius 2 is 1.95 bits per heavy atom. The molecule has 0 saturated carbocycles. The van der Waals surface area contributed by atoms with Crippen molar-refractivity contribution < 1.29 is 0 Å². The monoisotopic (exact) mass is 296 g/mol. The van der Waals surface area contributed by atoms with Gasteiger partial charge in [-0.2, -0.15) is 0 Å². The molecule has 0 aliphatic carbocycles. The van der Waals surface area contributed by atoms with Crippen LogP contribution in [0.4, 0.5) is 0 Å². The second-order valence-electron chi connectivity index (χ2n) is 4.66. The van der Waals surface area contributed by atoms with Gasteiger partial charge in [-0.25, -0.2) is 0 Å². The van der Waals surface area contributed by atoms with Gasteiger partial charge in [0.1, 0.15) is 0 Å². The van der Waals surface area contributed by atoms with Gasteiger partial charge in [0.15, 0.2) is 5.96 Å². The molecule has 0 atom stereocenters. The summed E-state index contributed by atoms with van der Waals surface area (Å²) in [6.07, 6.45) is 0.884. The second-order valence-corrected chi connectivity index (χ2v) is 5.07. The normalized spacial score (nSPS) is 11.8. The number of nitrogens with one attached hydrogen (secondary N) is 2. The summed E-state index contributed by atoms with van der Waals surface area (Å²) in [7, 11) is 3.89. The van der Waals surface area contributed by atoms with Crippen LogP contribution in [0.25, 0.3) is 0 Å². The predicted molar refractivity (Wildman–Crippen MR) is 87.7 cm³/mol. The summed E-state index contributed by atoms with van der Waals surface area (Å²) < 4.78 is 0. The molecule has 1 rings (SSSR count). The van der Waals surface area contributed by atoms with E-state index < -0.39 is 0 Å². The summed E-state index contributed by atoms with van der Waals surface area (Å²) >= 11 is 6.13. The Bertz CT molecular complexity index is 420. The molecule has 4 nitrogen and oxygen atoms in total. The van der Waals surface area contributed by atoms with Crippen molar-refractivity contribution in [2.45, 2.75) is 13.3 Å². The number of nitrogens with zero attached hydrogens (tertiary/aromatic N) is 2. The molecule has 0 saturated heterocycles. The van der Waals surface area contributed by atoms with E-state index in [1.165, 1.54) is 0 Å². The van der Waals surface area contributed by atoms with E-state index in [9.17, 15) is 0 Å². The van der Waals surface area contributed by atoms with E-state index in [2.05, 4.69) is 40.6 Å². The minimum absolute atomic E-state index is 0.813. The van der Waals surface area contributed by atoms with Crippen molar-refractivity contribution in [3.63, 3.8) is 0 Å². The molecule has 0 bridgehead atoms. The van der Waals surface area contributed by atoms with E-state index in [1.54, 1.807) is 7.05 Å².